The number of hydrogen-bond donors (Lipinski definition) is 0. The molecule has 0 aromatic heterocycles. The predicted octanol–water partition coefficient (Wildman–Crippen LogP) is 1.50. The summed E-state index contributed by atoms with van der Waals surface area (Å²) in [7, 11) is 0. The van der Waals surface area contributed by atoms with Gasteiger partial charge < -0.3 is 9.64 Å². The van der Waals surface area contributed by atoms with Gasteiger partial charge in [-0.15, -0.1) is 0 Å². The molecule has 2 aliphatic rings. The van der Waals surface area contributed by atoms with Gasteiger partial charge in [-0.2, -0.15) is 5.26 Å². The van der Waals surface area contributed by atoms with E-state index in [1.54, 1.807) is 0 Å². The minimum absolute atomic E-state index is 0.0440. The zero-order valence-electron chi connectivity index (χ0n) is 9.23. The van der Waals surface area contributed by atoms with Crippen LogP contribution in [-0.4, -0.2) is 35.8 Å². The van der Waals surface area contributed by atoms with Gasteiger partial charge in [0.2, 0.25) is 0 Å². The van der Waals surface area contributed by atoms with Gasteiger partial charge in [-0.25, -0.2) is 4.79 Å². The number of hydrogen-bond acceptors (Lipinski definition) is 5. The number of ether oxygens (including phenoxy) is 1. The number of nitrogens with zero attached hydrogens (tertiary/aromatic N) is 2. The highest BCUT2D eigenvalue weighted by atomic mass is 32.2. The first-order chi connectivity index (χ1) is 7.76. The Bertz CT molecular complexity index is 373. The summed E-state index contributed by atoms with van der Waals surface area (Å²) in [6, 6.07) is 2.25. The van der Waals surface area contributed by atoms with Gasteiger partial charge in [-0.3, -0.25) is 0 Å². The molecule has 0 N–H and O–H groups in total. The highest BCUT2D eigenvalue weighted by Crippen LogP contribution is 2.40. The van der Waals surface area contributed by atoms with Crippen LogP contribution in [0.1, 0.15) is 19.8 Å². The van der Waals surface area contributed by atoms with Crippen molar-refractivity contribution in [2.75, 3.05) is 19.7 Å². The topological polar surface area (TPSA) is 53.3 Å². The van der Waals surface area contributed by atoms with E-state index in [4.69, 9.17) is 10.00 Å². The second-order valence-electron chi connectivity index (χ2n) is 3.79. The molecule has 0 amide bonds. The maximum Gasteiger partial charge on any atom is 0.336 e. The molecule has 0 saturated carbocycles. The fourth-order valence-electron chi connectivity index (χ4n) is 2.01. The first kappa shape index (κ1) is 11.3. The highest BCUT2D eigenvalue weighted by Gasteiger charge is 2.34. The highest BCUT2D eigenvalue weighted by molar-refractivity contribution is 8.04. The van der Waals surface area contributed by atoms with Crippen molar-refractivity contribution >= 4 is 17.7 Å². The zero-order chi connectivity index (χ0) is 11.5. The Hall–Kier alpha value is -1.15. The summed E-state index contributed by atoms with van der Waals surface area (Å²) in [4.78, 5) is 13.9. The smallest absolute Gasteiger partial charge is 0.336 e. The number of carbonyl (C=O) groups is 1. The van der Waals surface area contributed by atoms with Crippen LogP contribution in [0.2, 0.25) is 0 Å². The fourth-order valence-corrected chi connectivity index (χ4v) is 3.23. The van der Waals surface area contributed by atoms with Crippen molar-refractivity contribution in [1.29, 1.82) is 5.26 Å². The molecule has 0 aromatic carbocycles. The van der Waals surface area contributed by atoms with Crippen LogP contribution in [0.3, 0.4) is 0 Å². The molecular weight excluding hydrogens is 224 g/mol. The Kier molecular flexibility index (Phi) is 3.39. The van der Waals surface area contributed by atoms with Gasteiger partial charge >= 0.3 is 5.97 Å². The molecule has 0 bridgehead atoms. The average Bonchev–Trinajstić information content (AvgIpc) is 2.71. The van der Waals surface area contributed by atoms with E-state index in [0.29, 0.717) is 6.61 Å². The third kappa shape index (κ3) is 2.03. The summed E-state index contributed by atoms with van der Waals surface area (Å²) >= 11 is 1.50. The van der Waals surface area contributed by atoms with Gasteiger partial charge in [0, 0.05) is 13.1 Å². The first-order valence-corrected chi connectivity index (χ1v) is 6.35. The van der Waals surface area contributed by atoms with Crippen molar-refractivity contribution in [3.05, 3.63) is 10.6 Å². The van der Waals surface area contributed by atoms with E-state index < -0.39 is 0 Å². The Morgan fingerprint density at radius 1 is 1.75 bits per heavy atom. The Morgan fingerprint density at radius 3 is 3.25 bits per heavy atom. The predicted molar refractivity (Wildman–Crippen MR) is 61.5 cm³/mol. The molecule has 0 spiro atoms. The Balaban J connectivity index is 2.22. The fraction of sp³-hybridized carbons (Fsp3) is 0.636. The molecule has 2 heterocycles. The van der Waals surface area contributed by atoms with Crippen LogP contribution in [0.15, 0.2) is 10.6 Å². The lowest BCUT2D eigenvalue weighted by molar-refractivity contribution is -0.138. The summed E-state index contributed by atoms with van der Waals surface area (Å²) in [5, 5.41) is 9.83. The molecule has 0 aliphatic carbocycles. The van der Waals surface area contributed by atoms with E-state index in [0.717, 1.165) is 36.5 Å². The molecule has 1 fully saturated rings. The van der Waals surface area contributed by atoms with Crippen LogP contribution >= 0.6 is 11.8 Å². The van der Waals surface area contributed by atoms with E-state index in [9.17, 15) is 4.79 Å². The minimum Gasteiger partial charge on any atom is -0.463 e. The molecule has 0 radical (unpaired) electrons. The standard InChI is InChI=1S/C11H14N2O2S/c1-2-15-11(14)9-4-3-5-13-7-8(6-12)16-10(9)13/h8H,2-5,7H2,1H3. The number of nitriles is 1. The van der Waals surface area contributed by atoms with Gasteiger partial charge in [-0.05, 0) is 19.8 Å². The molecule has 16 heavy (non-hydrogen) atoms. The van der Waals surface area contributed by atoms with Crippen molar-refractivity contribution in [2.45, 2.75) is 25.0 Å². The SMILES string of the molecule is CCOC(=O)C1=C2SC(C#N)CN2CCC1. The normalized spacial score (nSPS) is 24.0. The molecule has 0 aromatic rings. The molecule has 2 rings (SSSR count). The Morgan fingerprint density at radius 2 is 2.56 bits per heavy atom. The third-order valence-corrected chi connectivity index (χ3v) is 3.97. The summed E-state index contributed by atoms with van der Waals surface area (Å²) < 4.78 is 5.04. The maximum absolute atomic E-state index is 11.7. The van der Waals surface area contributed by atoms with E-state index in [-0.39, 0.29) is 11.2 Å². The van der Waals surface area contributed by atoms with Crippen LogP contribution in [0.4, 0.5) is 0 Å². The van der Waals surface area contributed by atoms with Crippen LogP contribution in [0.5, 0.6) is 0 Å². The lowest BCUT2D eigenvalue weighted by atomic mass is 10.1. The van der Waals surface area contributed by atoms with E-state index in [2.05, 4.69) is 11.0 Å². The lowest BCUT2D eigenvalue weighted by Gasteiger charge is -2.26. The number of carbonyl (C=O) groups excluding carboxylic acids is 1. The van der Waals surface area contributed by atoms with E-state index in [1.807, 2.05) is 6.92 Å². The third-order valence-electron chi connectivity index (χ3n) is 2.71. The number of rotatable bonds is 2. The van der Waals surface area contributed by atoms with Crippen molar-refractivity contribution in [2.24, 2.45) is 0 Å². The van der Waals surface area contributed by atoms with Crippen LogP contribution in [0.25, 0.3) is 0 Å². The average molecular weight is 238 g/mol. The summed E-state index contributed by atoms with van der Waals surface area (Å²) in [5.74, 6) is -0.215. The summed E-state index contributed by atoms with van der Waals surface area (Å²) in [6.07, 6.45) is 1.74. The molecular formula is C11H14N2O2S. The van der Waals surface area contributed by atoms with Crippen LogP contribution < -0.4 is 0 Å². The van der Waals surface area contributed by atoms with Crippen molar-refractivity contribution in [3.8, 4) is 6.07 Å². The Labute approximate surface area is 99.2 Å². The van der Waals surface area contributed by atoms with Crippen molar-refractivity contribution in [3.63, 3.8) is 0 Å². The first-order valence-electron chi connectivity index (χ1n) is 5.47. The van der Waals surface area contributed by atoms with E-state index in [1.165, 1.54) is 11.8 Å². The molecule has 1 saturated heterocycles. The summed E-state index contributed by atoms with van der Waals surface area (Å²) in [6.45, 7) is 3.90. The molecule has 2 aliphatic heterocycles. The largest absolute Gasteiger partial charge is 0.463 e. The lowest BCUT2D eigenvalue weighted by Crippen LogP contribution is -2.28. The monoisotopic (exact) mass is 238 g/mol. The quantitative estimate of drug-likeness (QED) is 0.682. The second-order valence-corrected chi connectivity index (χ2v) is 4.98. The molecule has 4 nitrogen and oxygen atoms in total. The van der Waals surface area contributed by atoms with Gasteiger partial charge in [0.15, 0.2) is 0 Å². The van der Waals surface area contributed by atoms with Crippen molar-refractivity contribution < 1.29 is 9.53 Å². The van der Waals surface area contributed by atoms with Gasteiger partial charge in [0.1, 0.15) is 5.25 Å². The molecule has 1 atom stereocenters. The van der Waals surface area contributed by atoms with Gasteiger partial charge in [0.25, 0.3) is 0 Å². The number of fused-ring (bicyclic) bond motifs is 1. The molecule has 86 valence electrons. The second kappa shape index (κ2) is 4.79. The minimum atomic E-state index is -0.215. The molecule has 5 heteroatoms. The number of thioether (sulfide) groups is 1. The van der Waals surface area contributed by atoms with Crippen LogP contribution in [-0.2, 0) is 9.53 Å². The van der Waals surface area contributed by atoms with Gasteiger partial charge in [-0.1, -0.05) is 11.8 Å². The number of esters is 1. The molecule has 1 unspecified atom stereocenters. The van der Waals surface area contributed by atoms with E-state index >= 15 is 0 Å². The summed E-state index contributed by atoms with van der Waals surface area (Å²) in [5.41, 5.74) is 0.760. The maximum atomic E-state index is 11.7. The van der Waals surface area contributed by atoms with Gasteiger partial charge in [0.05, 0.1) is 23.3 Å². The van der Waals surface area contributed by atoms with Crippen molar-refractivity contribution in [1.82, 2.24) is 4.90 Å². The zero-order valence-corrected chi connectivity index (χ0v) is 10.0. The van der Waals surface area contributed by atoms with Crippen LogP contribution in [0, 0.1) is 11.3 Å².